The van der Waals surface area contributed by atoms with Gasteiger partial charge in [-0.15, -0.1) is 0 Å². The molecule has 0 unspecified atom stereocenters. The molecule has 0 aromatic heterocycles. The van der Waals surface area contributed by atoms with Gasteiger partial charge < -0.3 is 10.6 Å². The molecule has 0 aliphatic heterocycles. The van der Waals surface area contributed by atoms with Gasteiger partial charge in [-0.2, -0.15) is 0 Å². The monoisotopic (exact) mass is 194 g/mol. The average molecular weight is 194 g/mol. The fraction of sp³-hybridized carbons (Fsp3) is 0.667. The zero-order valence-electron chi connectivity index (χ0n) is 9.78. The summed E-state index contributed by atoms with van der Waals surface area (Å²) in [5.41, 5.74) is 3.14. The summed E-state index contributed by atoms with van der Waals surface area (Å²) in [6, 6.07) is 0. The van der Waals surface area contributed by atoms with Gasteiger partial charge in [0.25, 0.3) is 0 Å². The molecule has 2 heteroatoms. The van der Waals surface area contributed by atoms with Crippen LogP contribution in [0.1, 0.15) is 20.8 Å². The lowest BCUT2D eigenvalue weighted by Crippen LogP contribution is -2.42. The molecule has 2 N–H and O–H groups in total. The second-order valence-corrected chi connectivity index (χ2v) is 4.09. The van der Waals surface area contributed by atoms with Gasteiger partial charge in [-0.1, -0.05) is 30.2 Å². The van der Waals surface area contributed by atoms with Crippen molar-refractivity contribution in [2.45, 2.75) is 20.8 Å². The average Bonchev–Trinajstić information content (AvgIpc) is 2.44. The van der Waals surface area contributed by atoms with E-state index in [9.17, 15) is 0 Å². The highest BCUT2D eigenvalue weighted by Gasteiger charge is 2.34. The lowest BCUT2D eigenvalue weighted by atomic mass is 9.77. The van der Waals surface area contributed by atoms with Crippen LogP contribution in [0, 0.1) is 5.41 Å². The largest absolute Gasteiger partial charge is 0.319 e. The van der Waals surface area contributed by atoms with Gasteiger partial charge in [-0.3, -0.25) is 0 Å². The lowest BCUT2D eigenvalue weighted by molar-refractivity contribution is 0.391. The van der Waals surface area contributed by atoms with Crippen LogP contribution >= 0.6 is 0 Å². The third-order valence-corrected chi connectivity index (χ3v) is 3.25. The Balaban J connectivity index is 2.80. The Labute approximate surface area is 87.5 Å². The molecule has 0 spiro atoms. The van der Waals surface area contributed by atoms with Crippen LogP contribution in [0.5, 0.6) is 0 Å². The first-order valence-corrected chi connectivity index (χ1v) is 5.39. The van der Waals surface area contributed by atoms with Crippen molar-refractivity contribution in [1.82, 2.24) is 10.6 Å². The van der Waals surface area contributed by atoms with Crippen LogP contribution in [0.15, 0.2) is 23.3 Å². The van der Waals surface area contributed by atoms with E-state index in [0.29, 0.717) is 0 Å². The van der Waals surface area contributed by atoms with Gasteiger partial charge in [0.1, 0.15) is 0 Å². The van der Waals surface area contributed by atoms with Crippen LogP contribution in [0.3, 0.4) is 0 Å². The van der Waals surface area contributed by atoms with Gasteiger partial charge in [0.2, 0.25) is 0 Å². The fourth-order valence-corrected chi connectivity index (χ4v) is 2.14. The van der Waals surface area contributed by atoms with Crippen molar-refractivity contribution < 1.29 is 0 Å². The van der Waals surface area contributed by atoms with Crippen molar-refractivity contribution in [2.75, 3.05) is 26.7 Å². The van der Waals surface area contributed by atoms with E-state index >= 15 is 0 Å². The molecule has 0 aromatic carbocycles. The Morgan fingerprint density at radius 3 is 2.14 bits per heavy atom. The summed E-state index contributed by atoms with van der Waals surface area (Å²) in [7, 11) is 2.02. The van der Waals surface area contributed by atoms with E-state index in [-0.39, 0.29) is 5.41 Å². The van der Waals surface area contributed by atoms with Crippen LogP contribution in [0.2, 0.25) is 0 Å². The molecule has 0 bridgehead atoms. The minimum atomic E-state index is 0.213. The third-order valence-electron chi connectivity index (χ3n) is 3.25. The Morgan fingerprint density at radius 2 is 1.71 bits per heavy atom. The highest BCUT2D eigenvalue weighted by molar-refractivity contribution is 5.40. The summed E-state index contributed by atoms with van der Waals surface area (Å²) in [5, 5.41) is 6.75. The molecular weight excluding hydrogens is 172 g/mol. The Kier molecular flexibility index (Phi) is 3.90. The fourth-order valence-electron chi connectivity index (χ4n) is 2.14. The van der Waals surface area contributed by atoms with Crippen LogP contribution in [0.25, 0.3) is 0 Å². The molecule has 0 saturated heterocycles. The molecular formula is C12H22N2. The van der Waals surface area contributed by atoms with E-state index in [1.54, 1.807) is 0 Å². The van der Waals surface area contributed by atoms with Crippen LogP contribution in [-0.4, -0.2) is 26.7 Å². The van der Waals surface area contributed by atoms with E-state index in [0.717, 1.165) is 19.6 Å². The summed E-state index contributed by atoms with van der Waals surface area (Å²) in [5.74, 6) is 0. The van der Waals surface area contributed by atoms with Crippen molar-refractivity contribution in [2.24, 2.45) is 5.41 Å². The van der Waals surface area contributed by atoms with E-state index in [1.807, 2.05) is 7.05 Å². The highest BCUT2D eigenvalue weighted by Crippen LogP contribution is 2.38. The molecule has 0 fully saturated rings. The Morgan fingerprint density at radius 1 is 1.14 bits per heavy atom. The summed E-state index contributed by atoms with van der Waals surface area (Å²) in [6.45, 7) is 9.69. The maximum Gasteiger partial charge on any atom is 0.0370 e. The number of rotatable bonds is 5. The first-order valence-electron chi connectivity index (χ1n) is 5.39. The summed E-state index contributed by atoms with van der Waals surface area (Å²) in [4.78, 5) is 0. The molecule has 1 aliphatic carbocycles. The molecule has 0 aromatic rings. The molecule has 2 nitrogen and oxygen atoms in total. The number of allylic oxidation sites excluding steroid dienone is 2. The number of hydrogen-bond acceptors (Lipinski definition) is 2. The number of nitrogens with one attached hydrogen (secondary N) is 2. The minimum Gasteiger partial charge on any atom is -0.319 e. The zero-order valence-corrected chi connectivity index (χ0v) is 9.78. The quantitative estimate of drug-likeness (QED) is 0.696. The van der Waals surface area contributed by atoms with Crippen molar-refractivity contribution >= 4 is 0 Å². The molecule has 0 radical (unpaired) electrons. The molecule has 0 amide bonds. The smallest absolute Gasteiger partial charge is 0.0370 e. The Bertz CT molecular complexity index is 233. The van der Waals surface area contributed by atoms with Crippen molar-refractivity contribution in [3.63, 3.8) is 0 Å². The standard InChI is InChI=1S/C12H22N2/c1-5-14-9-12(8-13-4)10(2)6-7-11(12)3/h6-7,13-14H,5,8-9H2,1-4H3. The second kappa shape index (κ2) is 4.76. The zero-order chi connectivity index (χ0) is 10.6. The molecule has 1 rings (SSSR count). The molecule has 80 valence electrons. The second-order valence-electron chi connectivity index (χ2n) is 4.09. The van der Waals surface area contributed by atoms with Crippen LogP contribution in [-0.2, 0) is 0 Å². The van der Waals surface area contributed by atoms with Crippen LogP contribution < -0.4 is 10.6 Å². The van der Waals surface area contributed by atoms with E-state index in [4.69, 9.17) is 0 Å². The van der Waals surface area contributed by atoms with Crippen molar-refractivity contribution in [1.29, 1.82) is 0 Å². The van der Waals surface area contributed by atoms with Gasteiger partial charge in [-0.25, -0.2) is 0 Å². The highest BCUT2D eigenvalue weighted by atomic mass is 14.9. The summed E-state index contributed by atoms with van der Waals surface area (Å²) in [6.07, 6.45) is 4.48. The summed E-state index contributed by atoms with van der Waals surface area (Å²) < 4.78 is 0. The first kappa shape index (κ1) is 11.5. The van der Waals surface area contributed by atoms with Gasteiger partial charge >= 0.3 is 0 Å². The maximum atomic E-state index is 3.46. The summed E-state index contributed by atoms with van der Waals surface area (Å²) >= 11 is 0. The minimum absolute atomic E-state index is 0.213. The van der Waals surface area contributed by atoms with Gasteiger partial charge in [0.15, 0.2) is 0 Å². The first-order chi connectivity index (χ1) is 6.67. The number of hydrogen-bond donors (Lipinski definition) is 2. The van der Waals surface area contributed by atoms with E-state index < -0.39 is 0 Å². The van der Waals surface area contributed by atoms with Crippen LogP contribution in [0.4, 0.5) is 0 Å². The predicted molar refractivity (Wildman–Crippen MR) is 62.4 cm³/mol. The molecule has 0 atom stereocenters. The third kappa shape index (κ3) is 1.91. The predicted octanol–water partition coefficient (Wildman–Crippen LogP) is 1.71. The normalized spacial score (nSPS) is 19.4. The van der Waals surface area contributed by atoms with Crippen molar-refractivity contribution in [3.05, 3.63) is 23.3 Å². The van der Waals surface area contributed by atoms with Gasteiger partial charge in [0, 0.05) is 18.5 Å². The van der Waals surface area contributed by atoms with Crippen molar-refractivity contribution in [3.8, 4) is 0 Å². The molecule has 1 aliphatic rings. The Hall–Kier alpha value is -0.600. The van der Waals surface area contributed by atoms with Gasteiger partial charge in [-0.05, 0) is 27.4 Å². The molecule has 0 saturated carbocycles. The molecule has 14 heavy (non-hydrogen) atoms. The molecule has 0 heterocycles. The lowest BCUT2D eigenvalue weighted by Gasteiger charge is -2.33. The van der Waals surface area contributed by atoms with Gasteiger partial charge in [0.05, 0.1) is 0 Å². The van der Waals surface area contributed by atoms with E-state index in [2.05, 4.69) is 43.6 Å². The topological polar surface area (TPSA) is 24.1 Å². The maximum absolute atomic E-state index is 3.46. The van der Waals surface area contributed by atoms with E-state index in [1.165, 1.54) is 11.1 Å². The SMILES string of the molecule is CCNCC1(CNC)C(C)=CC=C1C.